The number of nitrogens with zero attached hydrogens (tertiary/aromatic N) is 1. The molecule has 0 saturated heterocycles. The minimum atomic E-state index is 0.360. The molecule has 2 N–H and O–H groups in total. The van der Waals surface area contributed by atoms with Crippen molar-refractivity contribution in [2.24, 2.45) is 11.1 Å². The van der Waals surface area contributed by atoms with Crippen LogP contribution in [0.1, 0.15) is 37.7 Å². The first-order chi connectivity index (χ1) is 9.13. The first-order valence-electron chi connectivity index (χ1n) is 7.27. The highest BCUT2D eigenvalue weighted by Crippen LogP contribution is 2.36. The molecule has 1 fully saturated rings. The summed E-state index contributed by atoms with van der Waals surface area (Å²) < 4.78 is 1.16. The molecule has 0 aromatic heterocycles. The Labute approximate surface area is 125 Å². The molecule has 0 unspecified atom stereocenters. The second-order valence-electron chi connectivity index (χ2n) is 6.07. The molecule has 1 saturated carbocycles. The molecule has 19 heavy (non-hydrogen) atoms. The van der Waals surface area contributed by atoms with Gasteiger partial charge in [0, 0.05) is 17.6 Å². The highest BCUT2D eigenvalue weighted by molar-refractivity contribution is 9.10. The van der Waals surface area contributed by atoms with Crippen molar-refractivity contribution >= 4 is 15.9 Å². The molecule has 1 aliphatic rings. The maximum absolute atomic E-state index is 6.07. The summed E-state index contributed by atoms with van der Waals surface area (Å²) in [4.78, 5) is 2.43. The maximum Gasteiger partial charge on any atom is 0.0231 e. The van der Waals surface area contributed by atoms with Gasteiger partial charge in [-0.3, -0.25) is 0 Å². The third-order valence-corrected chi connectivity index (χ3v) is 4.79. The lowest BCUT2D eigenvalue weighted by molar-refractivity contribution is 0.124. The molecule has 1 aromatic carbocycles. The fourth-order valence-corrected chi connectivity index (χ4v) is 3.75. The Morgan fingerprint density at radius 1 is 1.26 bits per heavy atom. The molecule has 0 atom stereocenters. The molecule has 0 heterocycles. The molecule has 1 aliphatic carbocycles. The molecular weight excluding hydrogens is 300 g/mol. The van der Waals surface area contributed by atoms with Crippen LogP contribution >= 0.6 is 15.9 Å². The monoisotopic (exact) mass is 324 g/mol. The molecule has 3 heteroatoms. The van der Waals surface area contributed by atoms with Crippen molar-refractivity contribution in [1.29, 1.82) is 0 Å². The van der Waals surface area contributed by atoms with E-state index in [9.17, 15) is 0 Å². The summed E-state index contributed by atoms with van der Waals surface area (Å²) >= 11 is 3.54. The van der Waals surface area contributed by atoms with Crippen LogP contribution in [-0.2, 0) is 6.54 Å². The second kappa shape index (κ2) is 6.87. The topological polar surface area (TPSA) is 29.3 Å². The van der Waals surface area contributed by atoms with E-state index in [0.717, 1.165) is 24.1 Å². The Hall–Kier alpha value is -0.380. The Balaban J connectivity index is 1.94. The van der Waals surface area contributed by atoms with Crippen molar-refractivity contribution in [2.45, 2.75) is 38.6 Å². The SMILES string of the molecule is CN(Cc1cccc(Br)c1)CC1(CN)CCCCC1. The van der Waals surface area contributed by atoms with Crippen LogP contribution in [0.15, 0.2) is 28.7 Å². The third-order valence-electron chi connectivity index (χ3n) is 4.29. The highest BCUT2D eigenvalue weighted by atomic mass is 79.9. The number of nitrogens with two attached hydrogens (primary N) is 1. The average Bonchev–Trinajstić information content (AvgIpc) is 2.39. The minimum Gasteiger partial charge on any atom is -0.330 e. The van der Waals surface area contributed by atoms with Crippen molar-refractivity contribution in [3.63, 3.8) is 0 Å². The Bertz CT molecular complexity index is 399. The van der Waals surface area contributed by atoms with Crippen LogP contribution in [-0.4, -0.2) is 25.0 Å². The van der Waals surface area contributed by atoms with Crippen LogP contribution in [0.5, 0.6) is 0 Å². The third kappa shape index (κ3) is 4.30. The summed E-state index contributed by atoms with van der Waals surface area (Å²) in [7, 11) is 2.22. The van der Waals surface area contributed by atoms with Crippen molar-refractivity contribution in [3.05, 3.63) is 34.3 Å². The number of benzene rings is 1. The summed E-state index contributed by atoms with van der Waals surface area (Å²) in [6.07, 6.45) is 6.68. The number of hydrogen-bond acceptors (Lipinski definition) is 2. The van der Waals surface area contributed by atoms with E-state index in [1.165, 1.54) is 37.7 Å². The van der Waals surface area contributed by atoms with E-state index in [-0.39, 0.29) is 0 Å². The van der Waals surface area contributed by atoms with Crippen LogP contribution in [0.4, 0.5) is 0 Å². The molecule has 2 rings (SSSR count). The lowest BCUT2D eigenvalue weighted by Crippen LogP contribution is -2.42. The predicted molar refractivity (Wildman–Crippen MR) is 85.0 cm³/mol. The Morgan fingerprint density at radius 3 is 2.63 bits per heavy atom. The van der Waals surface area contributed by atoms with E-state index in [0.29, 0.717) is 5.41 Å². The maximum atomic E-state index is 6.07. The zero-order chi connectivity index (χ0) is 13.7. The van der Waals surface area contributed by atoms with Crippen LogP contribution in [0.2, 0.25) is 0 Å². The van der Waals surface area contributed by atoms with E-state index in [4.69, 9.17) is 5.73 Å². The van der Waals surface area contributed by atoms with Gasteiger partial charge in [-0.15, -0.1) is 0 Å². The van der Waals surface area contributed by atoms with Gasteiger partial charge in [-0.25, -0.2) is 0 Å². The summed E-state index contributed by atoms with van der Waals surface area (Å²) in [5.74, 6) is 0. The van der Waals surface area contributed by atoms with Gasteiger partial charge in [0.05, 0.1) is 0 Å². The zero-order valence-corrected chi connectivity index (χ0v) is 13.5. The zero-order valence-electron chi connectivity index (χ0n) is 11.9. The quantitative estimate of drug-likeness (QED) is 0.892. The predicted octanol–water partition coefficient (Wildman–Crippen LogP) is 3.79. The standard InChI is InChI=1S/C16H25BrN2/c1-19(11-14-6-5-7-15(17)10-14)13-16(12-18)8-3-2-4-9-16/h5-7,10H,2-4,8-9,11-13,18H2,1H3. The first-order valence-corrected chi connectivity index (χ1v) is 8.06. The van der Waals surface area contributed by atoms with Gasteiger partial charge in [-0.1, -0.05) is 47.3 Å². The lowest BCUT2D eigenvalue weighted by Gasteiger charge is -2.39. The summed E-state index contributed by atoms with van der Waals surface area (Å²) in [5.41, 5.74) is 7.79. The normalized spacial score (nSPS) is 18.7. The van der Waals surface area contributed by atoms with Gasteiger partial charge in [-0.05, 0) is 49.5 Å². The number of hydrogen-bond donors (Lipinski definition) is 1. The molecule has 0 radical (unpaired) electrons. The van der Waals surface area contributed by atoms with Crippen LogP contribution in [0.3, 0.4) is 0 Å². The molecule has 1 aromatic rings. The minimum absolute atomic E-state index is 0.360. The van der Waals surface area contributed by atoms with Crippen LogP contribution in [0.25, 0.3) is 0 Å². The van der Waals surface area contributed by atoms with Crippen molar-refractivity contribution in [2.75, 3.05) is 20.1 Å². The first kappa shape index (κ1) is 15.0. The molecule has 0 bridgehead atoms. The van der Waals surface area contributed by atoms with E-state index in [2.05, 4.69) is 52.1 Å². The second-order valence-corrected chi connectivity index (χ2v) is 6.98. The van der Waals surface area contributed by atoms with Gasteiger partial charge in [0.25, 0.3) is 0 Å². The van der Waals surface area contributed by atoms with Crippen molar-refractivity contribution in [3.8, 4) is 0 Å². The van der Waals surface area contributed by atoms with E-state index in [1.54, 1.807) is 0 Å². The van der Waals surface area contributed by atoms with Gasteiger partial charge in [0.2, 0.25) is 0 Å². The van der Waals surface area contributed by atoms with Gasteiger partial charge in [0.1, 0.15) is 0 Å². The van der Waals surface area contributed by atoms with Crippen molar-refractivity contribution in [1.82, 2.24) is 4.90 Å². The lowest BCUT2D eigenvalue weighted by atomic mass is 9.73. The molecule has 0 amide bonds. The van der Waals surface area contributed by atoms with Crippen LogP contribution in [0, 0.1) is 5.41 Å². The summed E-state index contributed by atoms with van der Waals surface area (Å²) in [6, 6.07) is 8.57. The molecule has 2 nitrogen and oxygen atoms in total. The van der Waals surface area contributed by atoms with Gasteiger partial charge < -0.3 is 10.6 Å². The molecular formula is C16H25BrN2. The summed E-state index contributed by atoms with van der Waals surface area (Å²) in [5, 5.41) is 0. The molecule has 0 aliphatic heterocycles. The molecule has 106 valence electrons. The summed E-state index contributed by atoms with van der Waals surface area (Å²) in [6.45, 7) is 2.95. The van der Waals surface area contributed by atoms with Crippen molar-refractivity contribution < 1.29 is 0 Å². The Morgan fingerprint density at radius 2 is 2.00 bits per heavy atom. The number of halogens is 1. The van der Waals surface area contributed by atoms with Gasteiger partial charge in [-0.2, -0.15) is 0 Å². The average molecular weight is 325 g/mol. The van der Waals surface area contributed by atoms with E-state index in [1.807, 2.05) is 0 Å². The Kier molecular flexibility index (Phi) is 5.43. The van der Waals surface area contributed by atoms with E-state index < -0.39 is 0 Å². The fourth-order valence-electron chi connectivity index (χ4n) is 3.30. The highest BCUT2D eigenvalue weighted by Gasteiger charge is 2.31. The number of rotatable bonds is 5. The largest absolute Gasteiger partial charge is 0.330 e. The fraction of sp³-hybridized carbons (Fsp3) is 0.625. The van der Waals surface area contributed by atoms with E-state index >= 15 is 0 Å². The molecule has 0 spiro atoms. The van der Waals surface area contributed by atoms with Gasteiger partial charge in [0.15, 0.2) is 0 Å². The van der Waals surface area contributed by atoms with Crippen LogP contribution < -0.4 is 5.73 Å². The smallest absolute Gasteiger partial charge is 0.0231 e. The van der Waals surface area contributed by atoms with Gasteiger partial charge >= 0.3 is 0 Å².